The van der Waals surface area contributed by atoms with E-state index in [-0.39, 0.29) is 13.2 Å². The highest BCUT2D eigenvalue weighted by atomic mass is 16.6. The smallest absolute Gasteiger partial charge is 0.408 e. The van der Waals surface area contributed by atoms with Gasteiger partial charge in [0.25, 0.3) is 5.91 Å². The molecule has 1 aromatic rings. The minimum Gasteiger partial charge on any atom is -0.480 e. The molecule has 2 heterocycles. The van der Waals surface area contributed by atoms with Crippen LogP contribution in [0.25, 0.3) is 0 Å². The minimum absolute atomic E-state index is 0.00308. The number of carbonyl (C=O) groups is 3. The van der Waals surface area contributed by atoms with Gasteiger partial charge in [-0.1, -0.05) is 35.5 Å². The van der Waals surface area contributed by atoms with Crippen molar-refractivity contribution < 1.29 is 29.1 Å². The molecule has 1 aromatic carbocycles. The highest BCUT2D eigenvalue weighted by Gasteiger charge is 2.29. The van der Waals surface area contributed by atoms with Crippen molar-refractivity contribution in [1.82, 2.24) is 21.3 Å². The first-order chi connectivity index (χ1) is 17.0. The van der Waals surface area contributed by atoms with Gasteiger partial charge in [-0.2, -0.15) is 0 Å². The van der Waals surface area contributed by atoms with Gasteiger partial charge in [0.15, 0.2) is 5.96 Å². The Morgan fingerprint density at radius 3 is 2.80 bits per heavy atom. The average molecular weight is 489 g/mol. The molecule has 2 amide bonds. The second-order valence-corrected chi connectivity index (χ2v) is 8.19. The van der Waals surface area contributed by atoms with E-state index in [0.717, 1.165) is 56.1 Å². The maximum absolute atomic E-state index is 12.4. The summed E-state index contributed by atoms with van der Waals surface area (Å²) in [6.45, 7) is 2.26. The van der Waals surface area contributed by atoms with Crippen LogP contribution in [0.15, 0.2) is 40.5 Å². The van der Waals surface area contributed by atoms with Gasteiger partial charge in [-0.3, -0.25) is 9.79 Å². The standard InChI is InChI=1S/C23H32N6O6/c30-20(19-13-17(29-35-19)9-4-5-10-24-22-25-11-6-12-26-22)27-14-18(21(31)32)28-23(33)34-15-16-7-2-1-3-8-16/h1-3,7-8,18-19H,4-6,9-15H2,(H,27,30)(H,28,33)(H,31,32)(H2,24,25,26)/t18-,19?/m0/s1. The second-order valence-electron chi connectivity index (χ2n) is 8.19. The molecule has 0 aliphatic carbocycles. The Bertz CT molecular complexity index is 922. The van der Waals surface area contributed by atoms with Crippen LogP contribution in [-0.4, -0.2) is 73.1 Å². The van der Waals surface area contributed by atoms with Crippen molar-refractivity contribution >= 4 is 29.6 Å². The lowest BCUT2D eigenvalue weighted by atomic mass is 10.1. The first kappa shape index (κ1) is 25.8. The van der Waals surface area contributed by atoms with E-state index in [1.54, 1.807) is 24.3 Å². The van der Waals surface area contributed by atoms with E-state index < -0.39 is 30.1 Å². The number of amides is 2. The Morgan fingerprint density at radius 2 is 2.06 bits per heavy atom. The van der Waals surface area contributed by atoms with Gasteiger partial charge in [0.05, 0.1) is 5.71 Å². The molecule has 0 aromatic heterocycles. The maximum atomic E-state index is 12.4. The Morgan fingerprint density at radius 1 is 1.23 bits per heavy atom. The summed E-state index contributed by atoms with van der Waals surface area (Å²) < 4.78 is 5.04. The molecule has 2 atom stereocenters. The lowest BCUT2D eigenvalue weighted by Gasteiger charge is -2.16. The van der Waals surface area contributed by atoms with Crippen LogP contribution < -0.4 is 21.3 Å². The number of hydrogen-bond donors (Lipinski definition) is 5. The van der Waals surface area contributed by atoms with Gasteiger partial charge < -0.3 is 35.9 Å². The normalized spacial score (nSPS) is 17.7. The van der Waals surface area contributed by atoms with Gasteiger partial charge in [-0.15, -0.1) is 0 Å². The molecule has 0 saturated carbocycles. The molecule has 3 rings (SSSR count). The number of guanidine groups is 1. The lowest BCUT2D eigenvalue weighted by Crippen LogP contribution is -2.50. The fourth-order valence-electron chi connectivity index (χ4n) is 3.45. The zero-order valence-electron chi connectivity index (χ0n) is 19.5. The van der Waals surface area contributed by atoms with Gasteiger partial charge in [0, 0.05) is 32.6 Å². The molecule has 0 spiro atoms. The van der Waals surface area contributed by atoms with E-state index in [2.05, 4.69) is 31.4 Å². The largest absolute Gasteiger partial charge is 0.480 e. The number of alkyl carbamates (subject to hydrolysis) is 1. The number of ether oxygens (including phenoxy) is 1. The number of carboxylic acids is 1. The maximum Gasteiger partial charge on any atom is 0.408 e. The van der Waals surface area contributed by atoms with Crippen LogP contribution >= 0.6 is 0 Å². The summed E-state index contributed by atoms with van der Waals surface area (Å²) >= 11 is 0. The molecule has 2 aliphatic heterocycles. The first-order valence-electron chi connectivity index (χ1n) is 11.7. The zero-order chi connectivity index (χ0) is 24.9. The second kappa shape index (κ2) is 13.8. The number of aliphatic imine (C=N–C) groups is 1. The third-order valence-corrected chi connectivity index (χ3v) is 5.39. The summed E-state index contributed by atoms with van der Waals surface area (Å²) in [6, 6.07) is 7.64. The Kier molecular flexibility index (Phi) is 10.1. The summed E-state index contributed by atoms with van der Waals surface area (Å²) in [5.41, 5.74) is 1.56. The molecule has 35 heavy (non-hydrogen) atoms. The average Bonchev–Trinajstić information content (AvgIpc) is 3.35. The van der Waals surface area contributed by atoms with Crippen molar-refractivity contribution in [3.63, 3.8) is 0 Å². The van der Waals surface area contributed by atoms with E-state index in [1.165, 1.54) is 0 Å². The van der Waals surface area contributed by atoms with Crippen molar-refractivity contribution in [2.75, 3.05) is 26.2 Å². The number of unbranched alkanes of at least 4 members (excludes halogenated alkanes) is 1. The summed E-state index contributed by atoms with van der Waals surface area (Å²) in [5.74, 6) is -0.945. The highest BCUT2D eigenvalue weighted by Crippen LogP contribution is 2.15. The molecule has 0 fully saturated rings. The number of aliphatic carboxylic acids is 1. The molecule has 0 radical (unpaired) electrons. The van der Waals surface area contributed by atoms with E-state index in [4.69, 9.17) is 9.57 Å². The van der Waals surface area contributed by atoms with Crippen LogP contribution in [0.5, 0.6) is 0 Å². The Hall–Kier alpha value is -3.83. The molecule has 0 saturated heterocycles. The van der Waals surface area contributed by atoms with Crippen LogP contribution in [0.4, 0.5) is 4.79 Å². The van der Waals surface area contributed by atoms with E-state index in [9.17, 15) is 19.5 Å². The Balaban J connectivity index is 1.30. The molecule has 0 bridgehead atoms. The topological polar surface area (TPSA) is 163 Å². The third-order valence-electron chi connectivity index (χ3n) is 5.39. The molecule has 1 unspecified atom stereocenters. The van der Waals surface area contributed by atoms with Gasteiger partial charge >= 0.3 is 12.1 Å². The summed E-state index contributed by atoms with van der Waals surface area (Å²) in [6.07, 6.45) is 2.20. The predicted molar refractivity (Wildman–Crippen MR) is 128 cm³/mol. The number of rotatable bonds is 12. The summed E-state index contributed by atoms with van der Waals surface area (Å²) in [4.78, 5) is 45.4. The first-order valence-corrected chi connectivity index (χ1v) is 11.7. The fraction of sp³-hybridized carbons (Fsp3) is 0.522. The molecule has 12 nitrogen and oxygen atoms in total. The van der Waals surface area contributed by atoms with Crippen LogP contribution in [0, 0.1) is 0 Å². The van der Waals surface area contributed by atoms with E-state index in [1.807, 2.05) is 6.07 Å². The van der Waals surface area contributed by atoms with Crippen LogP contribution in [0.1, 0.15) is 37.7 Å². The molecular weight excluding hydrogens is 456 g/mol. The van der Waals surface area contributed by atoms with Gasteiger partial charge in [-0.25, -0.2) is 9.59 Å². The van der Waals surface area contributed by atoms with Gasteiger partial charge in [-0.05, 0) is 31.2 Å². The third kappa shape index (κ3) is 9.14. The summed E-state index contributed by atoms with van der Waals surface area (Å²) in [5, 5.41) is 24.5. The number of carboxylic acid groups (broad SMARTS) is 1. The minimum atomic E-state index is -1.35. The van der Waals surface area contributed by atoms with Crippen molar-refractivity contribution in [2.24, 2.45) is 10.1 Å². The molecule has 5 N–H and O–H groups in total. The van der Waals surface area contributed by atoms with Crippen LogP contribution in [0.3, 0.4) is 0 Å². The Labute approximate surface area is 203 Å². The van der Waals surface area contributed by atoms with Crippen molar-refractivity contribution in [1.29, 1.82) is 0 Å². The zero-order valence-corrected chi connectivity index (χ0v) is 19.5. The number of nitrogens with zero attached hydrogens (tertiary/aromatic N) is 2. The number of hydrogen-bond acceptors (Lipinski definition) is 9. The molecule has 190 valence electrons. The fourth-order valence-corrected chi connectivity index (χ4v) is 3.45. The van der Waals surface area contributed by atoms with Crippen molar-refractivity contribution in [3.05, 3.63) is 35.9 Å². The van der Waals surface area contributed by atoms with E-state index in [0.29, 0.717) is 12.8 Å². The molecular formula is C23H32N6O6. The van der Waals surface area contributed by atoms with E-state index >= 15 is 0 Å². The molecule has 12 heteroatoms. The number of nitrogens with one attached hydrogen (secondary N) is 4. The van der Waals surface area contributed by atoms with Crippen molar-refractivity contribution in [2.45, 2.75) is 50.9 Å². The predicted octanol–water partition coefficient (Wildman–Crippen LogP) is 0.736. The van der Waals surface area contributed by atoms with Gasteiger partial charge in [0.2, 0.25) is 6.10 Å². The molecule has 2 aliphatic rings. The monoisotopic (exact) mass is 488 g/mol. The highest BCUT2D eigenvalue weighted by molar-refractivity contribution is 5.93. The number of oxime groups is 1. The quantitative estimate of drug-likeness (QED) is 0.269. The van der Waals surface area contributed by atoms with Crippen LogP contribution in [-0.2, 0) is 25.8 Å². The summed E-state index contributed by atoms with van der Waals surface area (Å²) in [7, 11) is 0. The SMILES string of the molecule is O=C(N[C@@H](CNC(=O)C1CC(CCCCNC2=NCCCN2)=NO1)C(=O)O)OCc1ccccc1. The van der Waals surface area contributed by atoms with Crippen molar-refractivity contribution in [3.8, 4) is 0 Å². The van der Waals surface area contributed by atoms with Gasteiger partial charge in [0.1, 0.15) is 12.6 Å². The lowest BCUT2D eigenvalue weighted by molar-refractivity contribution is -0.139. The number of carbonyl (C=O) groups excluding carboxylic acids is 2. The van der Waals surface area contributed by atoms with Crippen LogP contribution in [0.2, 0.25) is 0 Å². The number of benzene rings is 1.